The van der Waals surface area contributed by atoms with Gasteiger partial charge >= 0.3 is 5.97 Å². The molecule has 1 N–H and O–H groups in total. The maximum absolute atomic E-state index is 11.4. The first-order chi connectivity index (χ1) is 12.0. The average molecular weight is 425 g/mol. The normalized spacial score (nSPS) is 12.0. The summed E-state index contributed by atoms with van der Waals surface area (Å²) in [5.74, 6) is -0.539. The molecule has 130 valence electrons. The van der Waals surface area contributed by atoms with Gasteiger partial charge in [-0.1, -0.05) is 53.2 Å². The molecule has 0 fully saturated rings. The molecular formula is C18H15BrClNO4. The molecule has 2 aromatic carbocycles. The number of nitrogens with zero attached hydrogens (tertiary/aromatic N) is 1. The molecule has 5 nitrogen and oxygen atoms in total. The Hall–Kier alpha value is -2.31. The zero-order valence-corrected chi connectivity index (χ0v) is 15.6. The monoisotopic (exact) mass is 423 g/mol. The van der Waals surface area contributed by atoms with Gasteiger partial charge in [-0.15, -0.1) is 0 Å². The van der Waals surface area contributed by atoms with Crippen LogP contribution < -0.4 is 4.74 Å². The number of oxime groups is 1. The van der Waals surface area contributed by atoms with Crippen molar-refractivity contribution in [1.82, 2.24) is 0 Å². The number of rotatable bonds is 7. The van der Waals surface area contributed by atoms with E-state index in [2.05, 4.69) is 25.9 Å². The van der Waals surface area contributed by atoms with E-state index in [0.717, 1.165) is 5.56 Å². The zero-order chi connectivity index (χ0) is 18.2. The number of carboxylic acids is 1. The van der Waals surface area contributed by atoms with Crippen molar-refractivity contribution < 1.29 is 19.5 Å². The third-order valence-corrected chi connectivity index (χ3v) is 3.52. The molecular weight excluding hydrogens is 410 g/mol. The highest BCUT2D eigenvalue weighted by Gasteiger charge is 2.17. The Morgan fingerprint density at radius 2 is 2.04 bits per heavy atom. The van der Waals surface area contributed by atoms with Crippen LogP contribution in [0.2, 0.25) is 0 Å². The fourth-order valence-electron chi connectivity index (χ4n) is 2.15. The molecule has 0 aliphatic heterocycles. The van der Waals surface area contributed by atoms with E-state index in [-0.39, 0.29) is 12.3 Å². The highest BCUT2D eigenvalue weighted by atomic mass is 79.9. The zero-order valence-electron chi connectivity index (χ0n) is 13.3. The topological polar surface area (TPSA) is 68.1 Å². The largest absolute Gasteiger partial charge is 0.489 e. The van der Waals surface area contributed by atoms with Crippen molar-refractivity contribution in [3.63, 3.8) is 0 Å². The highest BCUT2D eigenvalue weighted by Crippen LogP contribution is 2.21. The number of carbonyl (C=O) groups is 1. The average Bonchev–Trinajstić information content (AvgIpc) is 2.58. The maximum Gasteiger partial charge on any atom is 0.358 e. The first-order valence-electron chi connectivity index (χ1n) is 7.19. The summed E-state index contributed by atoms with van der Waals surface area (Å²) in [5, 5.41) is 12.9. The van der Waals surface area contributed by atoms with Crippen LogP contribution in [0.25, 0.3) is 6.08 Å². The smallest absolute Gasteiger partial charge is 0.358 e. The summed E-state index contributed by atoms with van der Waals surface area (Å²) in [6.07, 6.45) is 1.75. The second kappa shape index (κ2) is 9.25. The fourth-order valence-corrected chi connectivity index (χ4v) is 2.54. The minimum absolute atomic E-state index is 0.176. The summed E-state index contributed by atoms with van der Waals surface area (Å²) in [6.45, 7) is 0.182. The van der Waals surface area contributed by atoms with Gasteiger partial charge in [-0.05, 0) is 45.3 Å². The van der Waals surface area contributed by atoms with Crippen molar-refractivity contribution in [2.45, 2.75) is 6.61 Å². The molecule has 2 rings (SSSR count). The molecule has 0 bridgehead atoms. The molecule has 0 saturated carbocycles. The predicted molar refractivity (Wildman–Crippen MR) is 101 cm³/mol. The minimum Gasteiger partial charge on any atom is -0.489 e. The lowest BCUT2D eigenvalue weighted by atomic mass is 10.0. The molecule has 0 aromatic heterocycles. The van der Waals surface area contributed by atoms with Crippen molar-refractivity contribution in [3.8, 4) is 5.75 Å². The van der Waals surface area contributed by atoms with Gasteiger partial charge in [0.25, 0.3) is 0 Å². The Morgan fingerprint density at radius 1 is 1.28 bits per heavy atom. The quantitative estimate of drug-likeness (QED) is 0.520. The number of carboxylic acid groups (broad SMARTS) is 1. The lowest BCUT2D eigenvalue weighted by Crippen LogP contribution is -2.17. The molecule has 0 unspecified atom stereocenters. The third kappa shape index (κ3) is 5.62. The van der Waals surface area contributed by atoms with Crippen LogP contribution in [0.5, 0.6) is 5.75 Å². The van der Waals surface area contributed by atoms with Crippen LogP contribution in [0.15, 0.2) is 57.6 Å². The van der Waals surface area contributed by atoms with Gasteiger partial charge in [0.2, 0.25) is 0 Å². The van der Waals surface area contributed by atoms with Crippen molar-refractivity contribution in [1.29, 1.82) is 0 Å². The SMILES string of the molecule is CON=C(C(=O)O)c1ccccc1COc1cccc(C=C(Cl)Br)c1. The molecule has 0 amide bonds. The lowest BCUT2D eigenvalue weighted by molar-refractivity contribution is -0.129. The summed E-state index contributed by atoms with van der Waals surface area (Å²) < 4.78 is 6.27. The standard InChI is InChI=1S/C18H15BrClNO4/c1-24-21-17(18(22)23)15-8-3-2-6-13(15)11-25-14-7-4-5-12(9-14)10-16(19)20/h2-10H,11H2,1H3,(H,22,23). The molecule has 2 aromatic rings. The van der Waals surface area contributed by atoms with E-state index in [1.807, 2.05) is 24.3 Å². The van der Waals surface area contributed by atoms with Crippen molar-refractivity contribution in [2.24, 2.45) is 5.16 Å². The molecule has 0 radical (unpaired) electrons. The highest BCUT2D eigenvalue weighted by molar-refractivity contribution is 9.12. The van der Waals surface area contributed by atoms with Crippen molar-refractivity contribution >= 4 is 45.3 Å². The predicted octanol–water partition coefficient (Wildman–Crippen LogP) is 4.63. The fraction of sp³-hybridized carbons (Fsp3) is 0.111. The number of aliphatic carboxylic acids is 1. The van der Waals surface area contributed by atoms with Crippen LogP contribution in [0.4, 0.5) is 0 Å². The number of benzene rings is 2. The summed E-state index contributed by atoms with van der Waals surface area (Å²) >= 11 is 8.98. The van der Waals surface area contributed by atoms with Crippen molar-refractivity contribution in [2.75, 3.05) is 7.11 Å². The van der Waals surface area contributed by atoms with E-state index in [0.29, 0.717) is 20.8 Å². The Balaban J connectivity index is 2.23. The molecule has 0 aliphatic carbocycles. The van der Waals surface area contributed by atoms with Crippen LogP contribution in [0.3, 0.4) is 0 Å². The molecule has 0 spiro atoms. The molecule has 0 heterocycles. The molecule has 7 heteroatoms. The summed E-state index contributed by atoms with van der Waals surface area (Å²) in [6, 6.07) is 14.3. The Morgan fingerprint density at radius 3 is 2.72 bits per heavy atom. The van der Waals surface area contributed by atoms with E-state index in [1.54, 1.807) is 30.3 Å². The van der Waals surface area contributed by atoms with E-state index in [9.17, 15) is 9.90 Å². The maximum atomic E-state index is 11.4. The summed E-state index contributed by atoms with van der Waals surface area (Å²) in [4.78, 5) is 16.0. The first kappa shape index (κ1) is 19.0. The molecule has 25 heavy (non-hydrogen) atoms. The van der Waals surface area contributed by atoms with Gasteiger partial charge in [0.15, 0.2) is 5.71 Å². The number of hydrogen-bond donors (Lipinski definition) is 1. The van der Waals surface area contributed by atoms with Gasteiger partial charge in [0.05, 0.1) is 3.94 Å². The van der Waals surface area contributed by atoms with E-state index in [1.165, 1.54) is 7.11 Å². The van der Waals surface area contributed by atoms with Crippen LogP contribution in [-0.4, -0.2) is 23.9 Å². The Bertz CT molecular complexity index is 816. The van der Waals surface area contributed by atoms with Gasteiger partial charge < -0.3 is 14.7 Å². The van der Waals surface area contributed by atoms with Crippen LogP contribution in [0, 0.1) is 0 Å². The van der Waals surface area contributed by atoms with Crippen molar-refractivity contribution in [3.05, 3.63) is 69.2 Å². The lowest BCUT2D eigenvalue weighted by Gasteiger charge is -2.11. The molecule has 0 saturated heterocycles. The van der Waals surface area contributed by atoms with Crippen LogP contribution >= 0.6 is 27.5 Å². The van der Waals surface area contributed by atoms with Crippen LogP contribution in [0.1, 0.15) is 16.7 Å². The number of halogens is 2. The second-order valence-electron chi connectivity index (χ2n) is 4.88. The van der Waals surface area contributed by atoms with Gasteiger partial charge in [0, 0.05) is 5.56 Å². The van der Waals surface area contributed by atoms with Gasteiger partial charge in [-0.25, -0.2) is 4.79 Å². The van der Waals surface area contributed by atoms with E-state index in [4.69, 9.17) is 16.3 Å². The Kier molecular flexibility index (Phi) is 7.03. The third-order valence-electron chi connectivity index (χ3n) is 3.19. The summed E-state index contributed by atoms with van der Waals surface area (Å²) in [7, 11) is 1.30. The summed E-state index contributed by atoms with van der Waals surface area (Å²) in [5.41, 5.74) is 1.82. The van der Waals surface area contributed by atoms with Gasteiger partial charge in [-0.3, -0.25) is 0 Å². The Labute approximate surface area is 158 Å². The van der Waals surface area contributed by atoms with Gasteiger partial charge in [-0.2, -0.15) is 0 Å². The van der Waals surface area contributed by atoms with E-state index < -0.39 is 5.97 Å². The van der Waals surface area contributed by atoms with E-state index >= 15 is 0 Å². The first-order valence-corrected chi connectivity index (χ1v) is 8.36. The number of ether oxygens (including phenoxy) is 1. The minimum atomic E-state index is -1.17. The van der Waals surface area contributed by atoms with Crippen LogP contribution in [-0.2, 0) is 16.2 Å². The molecule has 0 aliphatic rings. The number of hydrogen-bond acceptors (Lipinski definition) is 4. The molecule has 0 atom stereocenters. The van der Waals surface area contributed by atoms with Gasteiger partial charge in [0.1, 0.15) is 19.5 Å². The second-order valence-corrected chi connectivity index (χ2v) is 6.60.